The summed E-state index contributed by atoms with van der Waals surface area (Å²) in [6, 6.07) is 1.16. The Bertz CT molecular complexity index is 241. The van der Waals surface area contributed by atoms with Gasteiger partial charge in [-0.3, -0.25) is 0 Å². The highest BCUT2D eigenvalue weighted by Gasteiger charge is 2.00. The van der Waals surface area contributed by atoms with Gasteiger partial charge in [-0.05, 0) is 6.07 Å². The molecule has 0 bridgehead atoms. The summed E-state index contributed by atoms with van der Waals surface area (Å²) in [5.41, 5.74) is 0.290. The summed E-state index contributed by atoms with van der Waals surface area (Å²) in [4.78, 5) is 3.57. The second-order valence-electron chi connectivity index (χ2n) is 1.76. The smallest absolute Gasteiger partial charge is 0.250 e. The predicted molar refractivity (Wildman–Crippen MR) is 36.1 cm³/mol. The summed E-state index contributed by atoms with van der Waals surface area (Å²) >= 11 is 0. The van der Waals surface area contributed by atoms with Gasteiger partial charge in [0.05, 0.1) is 7.11 Å². The first-order valence-corrected chi connectivity index (χ1v) is 2.69. The Hall–Kier alpha value is -1.06. The van der Waals surface area contributed by atoms with Crippen LogP contribution in [-0.4, -0.2) is 19.9 Å². The van der Waals surface area contributed by atoms with Crippen LogP contribution in [0.4, 0.5) is 4.39 Å². The number of ether oxygens (including phenoxy) is 1. The zero-order valence-electron chi connectivity index (χ0n) is 5.47. The van der Waals surface area contributed by atoms with Crippen molar-refractivity contribution in [3.63, 3.8) is 0 Å². The van der Waals surface area contributed by atoms with Gasteiger partial charge in [0.1, 0.15) is 7.85 Å². The first-order valence-electron chi connectivity index (χ1n) is 2.69. The van der Waals surface area contributed by atoms with E-state index in [1.807, 2.05) is 0 Å². The van der Waals surface area contributed by atoms with Gasteiger partial charge in [0.15, 0.2) is 5.82 Å². The zero-order chi connectivity index (χ0) is 7.56. The van der Waals surface area contributed by atoms with Crippen molar-refractivity contribution in [2.75, 3.05) is 7.11 Å². The number of methoxy groups -OCH3 is 1. The lowest BCUT2D eigenvalue weighted by atomic mass is 9.99. The Balaban J connectivity index is 3.07. The van der Waals surface area contributed by atoms with E-state index in [0.29, 0.717) is 5.46 Å². The maximum absolute atomic E-state index is 12.6. The van der Waals surface area contributed by atoms with Crippen LogP contribution in [0.5, 0.6) is 5.88 Å². The lowest BCUT2D eigenvalue weighted by molar-refractivity contribution is 0.369. The first-order chi connectivity index (χ1) is 4.74. The molecular weight excluding hydrogens is 132 g/mol. The average Bonchev–Trinajstić information content (AvgIpc) is 1.88. The molecule has 0 aliphatic heterocycles. The summed E-state index contributed by atoms with van der Waals surface area (Å²) in [6.07, 6.45) is 1.34. The zero-order valence-corrected chi connectivity index (χ0v) is 5.47. The number of rotatable bonds is 1. The van der Waals surface area contributed by atoms with Gasteiger partial charge < -0.3 is 4.74 Å². The highest BCUT2D eigenvalue weighted by molar-refractivity contribution is 6.32. The molecule has 0 unspecified atom stereocenters. The minimum atomic E-state index is -0.539. The molecule has 0 amide bonds. The molecule has 10 heavy (non-hydrogen) atoms. The SMILES string of the molecule is [B]c1cnc(OC)c(F)c1. The number of aromatic nitrogens is 1. The molecule has 0 aromatic carbocycles. The molecule has 0 aliphatic carbocycles. The molecule has 0 aliphatic rings. The topological polar surface area (TPSA) is 22.1 Å². The molecule has 1 rings (SSSR count). The van der Waals surface area contributed by atoms with Crippen molar-refractivity contribution in [1.29, 1.82) is 0 Å². The maximum atomic E-state index is 12.6. The Kier molecular flexibility index (Phi) is 1.90. The first kappa shape index (κ1) is 7.06. The van der Waals surface area contributed by atoms with Crippen LogP contribution < -0.4 is 10.2 Å². The standard InChI is InChI=1S/C6H5BFNO/c1-10-6-5(8)2-4(7)3-9-6/h2-3H,1H3. The average molecular weight is 137 g/mol. The third kappa shape index (κ3) is 1.26. The van der Waals surface area contributed by atoms with E-state index in [9.17, 15) is 4.39 Å². The van der Waals surface area contributed by atoms with Gasteiger partial charge in [-0.25, -0.2) is 9.37 Å². The van der Waals surface area contributed by atoms with Gasteiger partial charge in [0.25, 0.3) is 0 Å². The third-order valence-corrected chi connectivity index (χ3v) is 1.02. The van der Waals surface area contributed by atoms with Gasteiger partial charge in [0.2, 0.25) is 5.88 Å². The van der Waals surface area contributed by atoms with E-state index < -0.39 is 5.82 Å². The van der Waals surface area contributed by atoms with Gasteiger partial charge in [-0.2, -0.15) is 0 Å². The Labute approximate surface area is 59.4 Å². The molecule has 0 saturated heterocycles. The number of hydrogen-bond donors (Lipinski definition) is 0. The molecule has 0 atom stereocenters. The van der Waals surface area contributed by atoms with Crippen LogP contribution in [0.2, 0.25) is 0 Å². The van der Waals surface area contributed by atoms with Gasteiger partial charge in [-0.1, -0.05) is 5.46 Å². The fraction of sp³-hybridized carbons (Fsp3) is 0.167. The van der Waals surface area contributed by atoms with E-state index in [-0.39, 0.29) is 5.88 Å². The van der Waals surface area contributed by atoms with Gasteiger partial charge in [0, 0.05) is 6.20 Å². The van der Waals surface area contributed by atoms with Crippen molar-refractivity contribution in [2.24, 2.45) is 0 Å². The molecule has 0 fully saturated rings. The molecule has 0 saturated carbocycles. The molecule has 2 nitrogen and oxygen atoms in total. The Morgan fingerprint density at radius 1 is 1.70 bits per heavy atom. The van der Waals surface area contributed by atoms with Crippen molar-refractivity contribution in [3.05, 3.63) is 18.1 Å². The van der Waals surface area contributed by atoms with Gasteiger partial charge >= 0.3 is 0 Å². The van der Waals surface area contributed by atoms with Crippen molar-refractivity contribution in [1.82, 2.24) is 4.98 Å². The summed E-state index contributed by atoms with van der Waals surface area (Å²) in [5, 5.41) is 0. The van der Waals surface area contributed by atoms with Crippen molar-refractivity contribution in [2.45, 2.75) is 0 Å². The monoisotopic (exact) mass is 137 g/mol. The minimum absolute atomic E-state index is 0.0331. The van der Waals surface area contributed by atoms with E-state index in [4.69, 9.17) is 7.85 Å². The third-order valence-electron chi connectivity index (χ3n) is 1.02. The quantitative estimate of drug-likeness (QED) is 0.509. The van der Waals surface area contributed by atoms with E-state index >= 15 is 0 Å². The van der Waals surface area contributed by atoms with E-state index in [1.165, 1.54) is 13.3 Å². The predicted octanol–water partition coefficient (Wildman–Crippen LogP) is 0.0231. The number of halogens is 1. The molecule has 50 valence electrons. The lowest BCUT2D eigenvalue weighted by Gasteiger charge is -1.99. The fourth-order valence-corrected chi connectivity index (χ4v) is 0.590. The molecule has 2 radical (unpaired) electrons. The lowest BCUT2D eigenvalue weighted by Crippen LogP contribution is -2.05. The van der Waals surface area contributed by atoms with Crippen molar-refractivity contribution >= 4 is 13.3 Å². The van der Waals surface area contributed by atoms with Crippen LogP contribution >= 0.6 is 0 Å². The van der Waals surface area contributed by atoms with E-state index in [2.05, 4.69) is 9.72 Å². The number of hydrogen-bond acceptors (Lipinski definition) is 2. The van der Waals surface area contributed by atoms with E-state index in [0.717, 1.165) is 6.07 Å². The van der Waals surface area contributed by atoms with Gasteiger partial charge in [-0.15, -0.1) is 0 Å². The summed E-state index contributed by atoms with van der Waals surface area (Å²) in [7, 11) is 6.57. The Morgan fingerprint density at radius 3 is 2.90 bits per heavy atom. The molecule has 0 spiro atoms. The van der Waals surface area contributed by atoms with Crippen LogP contribution in [0.1, 0.15) is 0 Å². The van der Waals surface area contributed by atoms with Crippen LogP contribution in [0, 0.1) is 5.82 Å². The number of nitrogens with zero attached hydrogens (tertiary/aromatic N) is 1. The molecule has 4 heteroatoms. The molecule has 1 aromatic rings. The molecule has 1 heterocycles. The van der Waals surface area contributed by atoms with E-state index in [1.54, 1.807) is 0 Å². The van der Waals surface area contributed by atoms with Crippen LogP contribution in [-0.2, 0) is 0 Å². The largest absolute Gasteiger partial charge is 0.479 e. The summed E-state index contributed by atoms with van der Waals surface area (Å²) in [5.74, 6) is -0.572. The molecule has 0 N–H and O–H groups in total. The normalized spacial score (nSPS) is 9.40. The summed E-state index contributed by atoms with van der Waals surface area (Å²) in [6.45, 7) is 0. The highest BCUT2D eigenvalue weighted by Crippen LogP contribution is 2.08. The Morgan fingerprint density at radius 2 is 2.40 bits per heavy atom. The molecule has 1 aromatic heterocycles. The number of pyridine rings is 1. The van der Waals surface area contributed by atoms with Crippen molar-refractivity contribution in [3.8, 4) is 5.88 Å². The van der Waals surface area contributed by atoms with Crippen LogP contribution in [0.25, 0.3) is 0 Å². The summed E-state index contributed by atoms with van der Waals surface area (Å²) < 4.78 is 17.1. The minimum Gasteiger partial charge on any atom is -0.479 e. The molecular formula is C6H5BFNO. The second-order valence-corrected chi connectivity index (χ2v) is 1.76. The highest BCUT2D eigenvalue weighted by atomic mass is 19.1. The fourth-order valence-electron chi connectivity index (χ4n) is 0.590. The van der Waals surface area contributed by atoms with Crippen molar-refractivity contribution < 1.29 is 9.13 Å². The second kappa shape index (κ2) is 2.69. The maximum Gasteiger partial charge on any atom is 0.250 e. The van der Waals surface area contributed by atoms with Crippen LogP contribution in [0.3, 0.4) is 0 Å². The van der Waals surface area contributed by atoms with Crippen LogP contribution in [0.15, 0.2) is 12.3 Å².